The Labute approximate surface area is 109 Å². The molecule has 90 valence electrons. The smallest absolute Gasteiger partial charge is 0.235 e. The third-order valence-electron chi connectivity index (χ3n) is 1.97. The highest BCUT2D eigenvalue weighted by Gasteiger charge is 2.28. The second-order valence-electron chi connectivity index (χ2n) is 4.66. The topological polar surface area (TPSA) is 68.0 Å². The summed E-state index contributed by atoms with van der Waals surface area (Å²) < 4.78 is 5.07. The molecule has 0 bridgehead atoms. The first-order valence-corrected chi connectivity index (χ1v) is 6.26. The number of carbonyl (C=O) groups is 1. The predicted octanol–water partition coefficient (Wildman–Crippen LogP) is 1.84. The van der Waals surface area contributed by atoms with Gasteiger partial charge >= 0.3 is 0 Å². The molecule has 0 aliphatic heterocycles. The molecule has 1 aromatic heterocycles. The van der Waals surface area contributed by atoms with E-state index in [0.29, 0.717) is 11.8 Å². The van der Waals surface area contributed by atoms with Crippen LogP contribution in [0, 0.1) is 12.3 Å². The summed E-state index contributed by atoms with van der Waals surface area (Å²) >= 11 is 2.14. The SMILES string of the molecule is Cc1nnc(CNC(=O)C(I)C(C)(C)C)o1. The highest BCUT2D eigenvalue weighted by molar-refractivity contribution is 14.1. The molecule has 1 aromatic rings. The molecule has 1 atom stereocenters. The number of aryl methyl sites for hydroxylation is 1. The van der Waals surface area contributed by atoms with Crippen LogP contribution in [0.25, 0.3) is 0 Å². The molecule has 0 aromatic carbocycles. The monoisotopic (exact) mass is 337 g/mol. The number of rotatable bonds is 3. The lowest BCUT2D eigenvalue weighted by atomic mass is 9.92. The minimum absolute atomic E-state index is 0.0102. The molecule has 0 saturated carbocycles. The lowest BCUT2D eigenvalue weighted by Crippen LogP contribution is -2.38. The first-order valence-electron chi connectivity index (χ1n) is 5.01. The molecule has 0 fully saturated rings. The third-order valence-corrected chi connectivity index (χ3v) is 4.41. The number of alkyl halides is 1. The van der Waals surface area contributed by atoms with E-state index in [0.717, 1.165) is 0 Å². The Balaban J connectivity index is 2.47. The molecule has 1 amide bonds. The van der Waals surface area contributed by atoms with E-state index in [1.807, 2.05) is 20.8 Å². The number of nitrogens with one attached hydrogen (secondary N) is 1. The maximum Gasteiger partial charge on any atom is 0.235 e. The van der Waals surface area contributed by atoms with Crippen LogP contribution in [0.15, 0.2) is 4.42 Å². The van der Waals surface area contributed by atoms with Crippen LogP contribution in [0.5, 0.6) is 0 Å². The molecule has 0 aliphatic rings. The van der Waals surface area contributed by atoms with Crippen molar-refractivity contribution in [1.82, 2.24) is 15.5 Å². The minimum Gasteiger partial charge on any atom is -0.424 e. The van der Waals surface area contributed by atoms with E-state index in [2.05, 4.69) is 38.1 Å². The van der Waals surface area contributed by atoms with Gasteiger partial charge in [0.15, 0.2) is 0 Å². The molecular weight excluding hydrogens is 321 g/mol. The largest absolute Gasteiger partial charge is 0.424 e. The molecule has 0 aliphatic carbocycles. The molecule has 16 heavy (non-hydrogen) atoms. The number of nitrogens with zero attached hydrogens (tertiary/aromatic N) is 2. The molecule has 6 heteroatoms. The van der Waals surface area contributed by atoms with Gasteiger partial charge in [-0.1, -0.05) is 43.4 Å². The molecule has 1 heterocycles. The number of carbonyl (C=O) groups excluding carboxylic acids is 1. The number of aromatic nitrogens is 2. The zero-order valence-electron chi connectivity index (χ0n) is 9.87. The van der Waals surface area contributed by atoms with Crippen LogP contribution in [0.4, 0.5) is 0 Å². The molecule has 0 saturated heterocycles. The van der Waals surface area contributed by atoms with E-state index in [9.17, 15) is 4.79 Å². The van der Waals surface area contributed by atoms with Crippen molar-refractivity contribution in [2.75, 3.05) is 0 Å². The van der Waals surface area contributed by atoms with Gasteiger partial charge in [-0.3, -0.25) is 4.79 Å². The van der Waals surface area contributed by atoms with Gasteiger partial charge < -0.3 is 9.73 Å². The molecule has 1 rings (SSSR count). The van der Waals surface area contributed by atoms with Crippen molar-refractivity contribution in [3.8, 4) is 0 Å². The molecule has 1 unspecified atom stereocenters. The standard InChI is InChI=1S/C10H16IN3O2/c1-6-13-14-7(16-6)5-12-9(15)8(11)10(2,3)4/h8H,5H2,1-4H3,(H,12,15). The Hall–Kier alpha value is -0.660. The maximum absolute atomic E-state index is 11.8. The Bertz CT molecular complexity index is 370. The second-order valence-corrected chi connectivity index (χ2v) is 5.91. The summed E-state index contributed by atoms with van der Waals surface area (Å²) in [5, 5.41) is 10.3. The van der Waals surface area contributed by atoms with Crippen molar-refractivity contribution in [1.29, 1.82) is 0 Å². The summed E-state index contributed by atoms with van der Waals surface area (Å²) in [6.45, 7) is 8.09. The lowest BCUT2D eigenvalue weighted by Gasteiger charge is -2.24. The van der Waals surface area contributed by atoms with Crippen molar-refractivity contribution in [2.24, 2.45) is 5.41 Å². The molecule has 0 radical (unpaired) electrons. The van der Waals surface area contributed by atoms with Gasteiger partial charge in [0.05, 0.1) is 10.5 Å². The summed E-state index contributed by atoms with van der Waals surface area (Å²) in [5.41, 5.74) is -0.0601. The Morgan fingerprint density at radius 1 is 1.50 bits per heavy atom. The van der Waals surface area contributed by atoms with Gasteiger partial charge in [-0.05, 0) is 5.41 Å². The zero-order valence-corrected chi connectivity index (χ0v) is 12.0. The summed E-state index contributed by atoms with van der Waals surface area (Å²) in [4.78, 5) is 11.8. The highest BCUT2D eigenvalue weighted by Crippen LogP contribution is 2.26. The van der Waals surface area contributed by atoms with Gasteiger partial charge in [0, 0.05) is 6.92 Å². The van der Waals surface area contributed by atoms with Crippen LogP contribution in [-0.2, 0) is 11.3 Å². The molecular formula is C10H16IN3O2. The lowest BCUT2D eigenvalue weighted by molar-refractivity contribution is -0.122. The Morgan fingerprint density at radius 3 is 2.56 bits per heavy atom. The van der Waals surface area contributed by atoms with E-state index in [1.165, 1.54) is 0 Å². The quantitative estimate of drug-likeness (QED) is 0.675. The summed E-state index contributed by atoms with van der Waals surface area (Å²) in [7, 11) is 0. The van der Waals surface area contributed by atoms with Crippen molar-refractivity contribution in [3.05, 3.63) is 11.8 Å². The number of amides is 1. The van der Waals surface area contributed by atoms with Crippen LogP contribution in [0.3, 0.4) is 0 Å². The van der Waals surface area contributed by atoms with E-state index in [4.69, 9.17) is 4.42 Å². The van der Waals surface area contributed by atoms with Crippen LogP contribution >= 0.6 is 22.6 Å². The average Bonchev–Trinajstić information content (AvgIpc) is 2.58. The summed E-state index contributed by atoms with van der Waals surface area (Å²) in [5.74, 6) is 0.929. The van der Waals surface area contributed by atoms with Crippen LogP contribution in [0.2, 0.25) is 0 Å². The van der Waals surface area contributed by atoms with Gasteiger partial charge in [-0.25, -0.2) is 0 Å². The van der Waals surface area contributed by atoms with Crippen LogP contribution < -0.4 is 5.32 Å². The highest BCUT2D eigenvalue weighted by atomic mass is 127. The Morgan fingerprint density at radius 2 is 2.12 bits per heavy atom. The van der Waals surface area contributed by atoms with Crippen LogP contribution in [-0.4, -0.2) is 20.0 Å². The average molecular weight is 337 g/mol. The van der Waals surface area contributed by atoms with E-state index < -0.39 is 0 Å². The van der Waals surface area contributed by atoms with Crippen molar-refractivity contribution in [3.63, 3.8) is 0 Å². The fraction of sp³-hybridized carbons (Fsp3) is 0.700. The first-order chi connectivity index (χ1) is 7.30. The van der Waals surface area contributed by atoms with Crippen molar-refractivity contribution >= 4 is 28.5 Å². The number of hydrogen-bond acceptors (Lipinski definition) is 4. The van der Waals surface area contributed by atoms with Gasteiger partial charge in [0.2, 0.25) is 17.7 Å². The first kappa shape index (κ1) is 13.4. The number of halogens is 1. The molecule has 5 nitrogen and oxygen atoms in total. The molecule has 1 N–H and O–H groups in total. The maximum atomic E-state index is 11.8. The van der Waals surface area contributed by atoms with Gasteiger partial charge in [-0.2, -0.15) is 0 Å². The second kappa shape index (κ2) is 5.11. The fourth-order valence-electron chi connectivity index (χ4n) is 1.05. The van der Waals surface area contributed by atoms with E-state index >= 15 is 0 Å². The number of hydrogen-bond donors (Lipinski definition) is 1. The van der Waals surface area contributed by atoms with E-state index in [1.54, 1.807) is 6.92 Å². The normalized spacial score (nSPS) is 13.6. The van der Waals surface area contributed by atoms with Gasteiger partial charge in [0.1, 0.15) is 0 Å². The summed E-state index contributed by atoms with van der Waals surface area (Å²) in [6.07, 6.45) is 0. The molecule has 0 spiro atoms. The zero-order chi connectivity index (χ0) is 12.3. The van der Waals surface area contributed by atoms with Crippen molar-refractivity contribution in [2.45, 2.75) is 38.2 Å². The fourth-order valence-corrected chi connectivity index (χ4v) is 1.27. The van der Waals surface area contributed by atoms with Crippen LogP contribution in [0.1, 0.15) is 32.6 Å². The summed E-state index contributed by atoms with van der Waals surface area (Å²) in [6, 6.07) is 0. The Kier molecular flexibility index (Phi) is 4.28. The van der Waals surface area contributed by atoms with Crippen molar-refractivity contribution < 1.29 is 9.21 Å². The van der Waals surface area contributed by atoms with Gasteiger partial charge in [-0.15, -0.1) is 10.2 Å². The predicted molar refractivity (Wildman–Crippen MR) is 68.1 cm³/mol. The third kappa shape index (κ3) is 3.73. The van der Waals surface area contributed by atoms with Gasteiger partial charge in [0.25, 0.3) is 0 Å². The van der Waals surface area contributed by atoms with E-state index in [-0.39, 0.29) is 21.8 Å². The minimum atomic E-state index is -0.0888.